The summed E-state index contributed by atoms with van der Waals surface area (Å²) in [5.74, 6) is 0. The zero-order valence-corrected chi connectivity index (χ0v) is 5.52. The quantitative estimate of drug-likeness (QED) is 0.337. The van der Waals surface area contributed by atoms with Gasteiger partial charge in [0.2, 0.25) is 0 Å². The van der Waals surface area contributed by atoms with Crippen LogP contribution in [-0.4, -0.2) is 11.0 Å². The first-order chi connectivity index (χ1) is 2.56. The maximum Gasteiger partial charge on any atom is 0.264 e. The Morgan fingerprint density at radius 1 is 1.67 bits per heavy atom. The maximum atomic E-state index is 5.12. The maximum absolute atomic E-state index is 5.12. The summed E-state index contributed by atoms with van der Waals surface area (Å²) in [6.07, 6.45) is 0. The van der Waals surface area contributed by atoms with Gasteiger partial charge in [-0.2, -0.15) is 0 Å². The van der Waals surface area contributed by atoms with Crippen molar-refractivity contribution in [2.75, 3.05) is 7.11 Å². The minimum absolute atomic E-state index is 1.32. The Bertz CT molecular complexity index is 41.3. The molecular formula is C2H4Cl2OS. The predicted octanol–water partition coefficient (Wildman–Crippen LogP) is 1.65. The molecule has 6 heavy (non-hydrogen) atoms. The molecule has 0 N–H and O–H groups in total. The normalized spacial score (nSPS) is 12.0. The van der Waals surface area contributed by atoms with Crippen LogP contribution in [0.1, 0.15) is 0 Å². The molecule has 0 aromatic rings. The molecule has 0 rings (SSSR count). The Kier molecular flexibility index (Phi) is 2.60. The van der Waals surface area contributed by atoms with Crippen molar-refractivity contribution in [2.24, 2.45) is 0 Å². The van der Waals surface area contributed by atoms with E-state index in [9.17, 15) is 0 Å². The van der Waals surface area contributed by atoms with E-state index in [0.717, 1.165) is 0 Å². The summed E-state index contributed by atoms with van der Waals surface area (Å²) in [6.45, 7) is 0. The fraction of sp³-hybridized carbons (Fsp3) is 1.00. The van der Waals surface area contributed by atoms with Crippen molar-refractivity contribution in [3.05, 3.63) is 0 Å². The topological polar surface area (TPSA) is 9.23 Å². The monoisotopic (exact) mass is 146 g/mol. The molecule has 0 bridgehead atoms. The lowest BCUT2D eigenvalue weighted by molar-refractivity contribution is 0.203. The molecular weight excluding hydrogens is 143 g/mol. The summed E-state index contributed by atoms with van der Waals surface area (Å²) in [5, 5.41) is 0. The van der Waals surface area contributed by atoms with Gasteiger partial charge in [0.1, 0.15) is 0 Å². The van der Waals surface area contributed by atoms with Gasteiger partial charge in [0.25, 0.3) is 3.85 Å². The minimum atomic E-state index is -1.32. The molecule has 0 atom stereocenters. The molecule has 0 aromatic heterocycles. The number of rotatable bonds is 1. The van der Waals surface area contributed by atoms with Crippen LogP contribution in [0.2, 0.25) is 0 Å². The fourth-order valence-electron chi connectivity index (χ4n) is 0. The van der Waals surface area contributed by atoms with Crippen molar-refractivity contribution in [1.82, 2.24) is 0 Å². The molecule has 0 aliphatic rings. The van der Waals surface area contributed by atoms with Crippen molar-refractivity contribution >= 4 is 35.8 Å². The Morgan fingerprint density at radius 3 is 1.83 bits per heavy atom. The molecule has 0 heterocycles. The molecule has 0 saturated carbocycles. The molecule has 0 amide bonds. The van der Waals surface area contributed by atoms with Gasteiger partial charge < -0.3 is 4.74 Å². The molecule has 0 aliphatic carbocycles. The summed E-state index contributed by atoms with van der Waals surface area (Å²) in [4.78, 5) is 0. The summed E-state index contributed by atoms with van der Waals surface area (Å²) < 4.78 is 3.01. The Balaban J connectivity index is 3.17. The van der Waals surface area contributed by atoms with Gasteiger partial charge in [-0.1, -0.05) is 23.2 Å². The molecule has 0 aliphatic heterocycles. The van der Waals surface area contributed by atoms with Gasteiger partial charge in [-0.15, -0.1) is 12.6 Å². The summed E-state index contributed by atoms with van der Waals surface area (Å²) >= 11 is 13.8. The van der Waals surface area contributed by atoms with Gasteiger partial charge in [-0.05, 0) is 0 Å². The van der Waals surface area contributed by atoms with E-state index < -0.39 is 3.85 Å². The van der Waals surface area contributed by atoms with Crippen LogP contribution in [0.15, 0.2) is 0 Å². The number of halogens is 2. The number of alkyl halides is 2. The molecule has 4 heteroatoms. The largest absolute Gasteiger partial charge is 0.342 e. The van der Waals surface area contributed by atoms with Gasteiger partial charge in [-0.25, -0.2) is 0 Å². The predicted molar refractivity (Wildman–Crippen MR) is 30.4 cm³/mol. The molecule has 0 aromatic carbocycles. The van der Waals surface area contributed by atoms with E-state index in [1.807, 2.05) is 0 Å². The zero-order chi connectivity index (χ0) is 5.21. The van der Waals surface area contributed by atoms with Gasteiger partial charge >= 0.3 is 0 Å². The summed E-state index contributed by atoms with van der Waals surface area (Å²) in [7, 11) is 1.37. The van der Waals surface area contributed by atoms with E-state index in [1.54, 1.807) is 0 Å². The van der Waals surface area contributed by atoms with Crippen LogP contribution in [0.4, 0.5) is 0 Å². The van der Waals surface area contributed by atoms with Crippen LogP contribution in [-0.2, 0) is 4.74 Å². The second-order valence-electron chi connectivity index (χ2n) is 0.690. The van der Waals surface area contributed by atoms with E-state index >= 15 is 0 Å². The molecule has 38 valence electrons. The molecule has 0 spiro atoms. The first-order valence-electron chi connectivity index (χ1n) is 1.21. The highest BCUT2D eigenvalue weighted by Crippen LogP contribution is 2.24. The third-order valence-corrected chi connectivity index (χ3v) is 0.737. The number of ether oxygens (including phenoxy) is 1. The number of methoxy groups -OCH3 is 1. The minimum Gasteiger partial charge on any atom is -0.342 e. The Labute approximate surface area is 52.0 Å². The van der Waals surface area contributed by atoms with Gasteiger partial charge in [0.05, 0.1) is 0 Å². The van der Waals surface area contributed by atoms with Crippen LogP contribution < -0.4 is 0 Å². The van der Waals surface area contributed by atoms with E-state index in [4.69, 9.17) is 23.2 Å². The SMILES string of the molecule is COC(S)(Cl)Cl. The average Bonchev–Trinajstić information content (AvgIpc) is 1.35. The van der Waals surface area contributed by atoms with E-state index in [2.05, 4.69) is 17.4 Å². The molecule has 1 nitrogen and oxygen atoms in total. The number of thiol groups is 1. The van der Waals surface area contributed by atoms with E-state index in [0.29, 0.717) is 0 Å². The Hall–Kier alpha value is 0.890. The van der Waals surface area contributed by atoms with Gasteiger partial charge in [0.15, 0.2) is 0 Å². The lowest BCUT2D eigenvalue weighted by Gasteiger charge is -2.06. The third kappa shape index (κ3) is 4.89. The van der Waals surface area contributed by atoms with Crippen LogP contribution in [0.25, 0.3) is 0 Å². The smallest absolute Gasteiger partial charge is 0.264 e. The van der Waals surface area contributed by atoms with Crippen molar-refractivity contribution in [3.63, 3.8) is 0 Å². The molecule has 0 unspecified atom stereocenters. The average molecular weight is 147 g/mol. The van der Waals surface area contributed by atoms with Crippen molar-refractivity contribution < 1.29 is 4.74 Å². The van der Waals surface area contributed by atoms with Crippen LogP contribution in [0, 0.1) is 0 Å². The summed E-state index contributed by atoms with van der Waals surface area (Å²) in [5.41, 5.74) is 0. The van der Waals surface area contributed by atoms with E-state index in [-0.39, 0.29) is 0 Å². The van der Waals surface area contributed by atoms with Gasteiger partial charge in [0, 0.05) is 7.11 Å². The first kappa shape index (κ1) is 6.89. The second-order valence-corrected chi connectivity index (χ2v) is 3.11. The van der Waals surface area contributed by atoms with Crippen molar-refractivity contribution in [2.45, 2.75) is 3.85 Å². The molecule has 0 radical (unpaired) electrons. The standard InChI is InChI=1S/C2H4Cl2OS/c1-5-2(3,4)6/h6H,1H3. The first-order valence-corrected chi connectivity index (χ1v) is 2.42. The van der Waals surface area contributed by atoms with Crippen LogP contribution in [0.5, 0.6) is 0 Å². The number of hydrogen-bond acceptors (Lipinski definition) is 2. The third-order valence-electron chi connectivity index (χ3n) is 0.246. The Morgan fingerprint density at radius 2 is 1.83 bits per heavy atom. The lowest BCUT2D eigenvalue weighted by atomic mass is 11.5. The van der Waals surface area contributed by atoms with Crippen molar-refractivity contribution in [1.29, 1.82) is 0 Å². The van der Waals surface area contributed by atoms with Gasteiger partial charge in [-0.3, -0.25) is 0 Å². The molecule has 0 saturated heterocycles. The highest BCUT2D eigenvalue weighted by molar-refractivity contribution is 7.84. The molecule has 0 fully saturated rings. The fourth-order valence-corrected chi connectivity index (χ4v) is 0. The van der Waals surface area contributed by atoms with E-state index in [1.165, 1.54) is 7.11 Å². The van der Waals surface area contributed by atoms with Crippen molar-refractivity contribution in [3.8, 4) is 0 Å². The highest BCUT2D eigenvalue weighted by atomic mass is 35.5. The van der Waals surface area contributed by atoms with Crippen LogP contribution in [0.3, 0.4) is 0 Å². The lowest BCUT2D eigenvalue weighted by Crippen LogP contribution is -2.02. The van der Waals surface area contributed by atoms with Crippen LogP contribution >= 0.6 is 35.8 Å². The number of hydrogen-bond donors (Lipinski definition) is 1. The second kappa shape index (κ2) is 2.26. The zero-order valence-electron chi connectivity index (χ0n) is 3.11. The highest BCUT2D eigenvalue weighted by Gasteiger charge is 2.13. The summed E-state index contributed by atoms with van der Waals surface area (Å²) in [6, 6.07) is 0.